The summed E-state index contributed by atoms with van der Waals surface area (Å²) in [6, 6.07) is 0. The largest absolute Gasteiger partial charge is 0.480 e. The average molecular weight is 200 g/mol. The third-order valence-electron chi connectivity index (χ3n) is 1.55. The van der Waals surface area contributed by atoms with Crippen LogP contribution in [0, 0.1) is 0 Å². The van der Waals surface area contributed by atoms with E-state index in [2.05, 4.69) is 9.97 Å². The molecule has 0 aliphatic rings. The maximum Gasteiger partial charge on any atom is 0.317 e. The molecule has 0 bridgehead atoms. The van der Waals surface area contributed by atoms with E-state index in [-0.39, 0.29) is 0 Å². The number of aliphatic carboxylic acids is 1. The van der Waals surface area contributed by atoms with Crippen LogP contribution in [-0.2, 0) is 4.79 Å². The van der Waals surface area contributed by atoms with Crippen LogP contribution in [0.3, 0.4) is 0 Å². The second-order valence-electron chi connectivity index (χ2n) is 2.63. The van der Waals surface area contributed by atoms with E-state index in [0.717, 1.165) is 6.42 Å². The van der Waals surface area contributed by atoms with E-state index in [0.29, 0.717) is 11.6 Å². The highest BCUT2D eigenvalue weighted by atomic mass is 32.2. The number of aromatic amines is 1. The zero-order valence-electron chi connectivity index (χ0n) is 7.36. The molecule has 72 valence electrons. The highest BCUT2D eigenvalue weighted by Gasteiger charge is 2.18. The number of carboxylic acid groups (broad SMARTS) is 1. The van der Waals surface area contributed by atoms with Gasteiger partial charge in [0, 0.05) is 12.4 Å². The van der Waals surface area contributed by atoms with Gasteiger partial charge in [0.2, 0.25) is 0 Å². The molecule has 0 aliphatic carbocycles. The summed E-state index contributed by atoms with van der Waals surface area (Å²) in [5, 5.41) is 9.12. The molecule has 0 saturated heterocycles. The number of H-pyrrole nitrogens is 1. The zero-order chi connectivity index (χ0) is 9.68. The van der Waals surface area contributed by atoms with Crippen molar-refractivity contribution in [3.8, 4) is 0 Å². The lowest BCUT2D eigenvalue weighted by Gasteiger charge is -2.07. The first kappa shape index (κ1) is 10.1. The van der Waals surface area contributed by atoms with E-state index >= 15 is 0 Å². The molecule has 13 heavy (non-hydrogen) atoms. The number of aromatic nitrogens is 2. The molecule has 1 rings (SSSR count). The fourth-order valence-corrected chi connectivity index (χ4v) is 1.93. The van der Waals surface area contributed by atoms with Crippen molar-refractivity contribution in [2.45, 2.75) is 30.2 Å². The summed E-state index contributed by atoms with van der Waals surface area (Å²) in [6.07, 6.45) is 4.84. The lowest BCUT2D eigenvalue weighted by molar-refractivity contribution is -0.136. The van der Waals surface area contributed by atoms with Gasteiger partial charge >= 0.3 is 5.97 Å². The van der Waals surface area contributed by atoms with Crippen LogP contribution in [0.1, 0.15) is 19.8 Å². The van der Waals surface area contributed by atoms with Crippen LogP contribution in [0.2, 0.25) is 0 Å². The molecule has 0 amide bonds. The molecule has 0 fully saturated rings. The molecular weight excluding hydrogens is 188 g/mol. The molecule has 1 aromatic heterocycles. The van der Waals surface area contributed by atoms with Crippen molar-refractivity contribution in [3.63, 3.8) is 0 Å². The number of hydrogen-bond acceptors (Lipinski definition) is 3. The summed E-state index contributed by atoms with van der Waals surface area (Å²) in [6.45, 7) is 1.97. The van der Waals surface area contributed by atoms with Crippen LogP contribution in [0.5, 0.6) is 0 Å². The molecule has 5 heteroatoms. The SMILES string of the molecule is CCCC(Sc1ncc[nH]1)C(=O)O. The number of thioether (sulfide) groups is 1. The second-order valence-corrected chi connectivity index (χ2v) is 3.82. The van der Waals surface area contributed by atoms with E-state index < -0.39 is 11.2 Å². The highest BCUT2D eigenvalue weighted by molar-refractivity contribution is 8.00. The van der Waals surface area contributed by atoms with Crippen molar-refractivity contribution < 1.29 is 9.90 Å². The van der Waals surface area contributed by atoms with Gasteiger partial charge < -0.3 is 10.1 Å². The topological polar surface area (TPSA) is 66.0 Å². The van der Waals surface area contributed by atoms with Crippen LogP contribution in [-0.4, -0.2) is 26.3 Å². The Labute approximate surface area is 80.8 Å². The Morgan fingerprint density at radius 2 is 2.62 bits per heavy atom. The van der Waals surface area contributed by atoms with E-state index in [1.807, 2.05) is 6.92 Å². The van der Waals surface area contributed by atoms with Crippen molar-refractivity contribution in [3.05, 3.63) is 12.4 Å². The predicted octanol–water partition coefficient (Wildman–Crippen LogP) is 1.76. The van der Waals surface area contributed by atoms with Gasteiger partial charge in [0.25, 0.3) is 0 Å². The first-order chi connectivity index (χ1) is 6.24. The summed E-state index contributed by atoms with van der Waals surface area (Å²) < 4.78 is 0. The molecule has 0 radical (unpaired) electrons. The van der Waals surface area contributed by atoms with Gasteiger partial charge in [-0.05, 0) is 6.42 Å². The average Bonchev–Trinajstić information content (AvgIpc) is 2.56. The standard InChI is InChI=1S/C8H12N2O2S/c1-2-3-6(7(11)12)13-8-9-4-5-10-8/h4-6H,2-3H2,1H3,(H,9,10)(H,11,12). The predicted molar refractivity (Wildman–Crippen MR) is 50.8 cm³/mol. The minimum absolute atomic E-state index is 0.392. The van der Waals surface area contributed by atoms with Gasteiger partial charge in [-0.15, -0.1) is 0 Å². The van der Waals surface area contributed by atoms with E-state index in [1.165, 1.54) is 11.8 Å². The monoisotopic (exact) mass is 200 g/mol. The Bertz CT molecular complexity index is 261. The summed E-state index contributed by atoms with van der Waals surface area (Å²) in [5.41, 5.74) is 0. The number of carbonyl (C=O) groups is 1. The van der Waals surface area contributed by atoms with Crippen LogP contribution < -0.4 is 0 Å². The number of nitrogens with one attached hydrogen (secondary N) is 1. The number of imidazole rings is 1. The van der Waals surface area contributed by atoms with Gasteiger partial charge in [0.05, 0.1) is 0 Å². The summed E-state index contributed by atoms with van der Waals surface area (Å²) in [5.74, 6) is -0.775. The van der Waals surface area contributed by atoms with Gasteiger partial charge in [-0.25, -0.2) is 4.98 Å². The number of nitrogens with zero attached hydrogens (tertiary/aromatic N) is 1. The van der Waals surface area contributed by atoms with Crippen LogP contribution in [0.25, 0.3) is 0 Å². The van der Waals surface area contributed by atoms with Crippen molar-refractivity contribution >= 4 is 17.7 Å². The van der Waals surface area contributed by atoms with E-state index in [4.69, 9.17) is 5.11 Å². The normalized spacial score (nSPS) is 12.7. The minimum Gasteiger partial charge on any atom is -0.480 e. The maximum absolute atomic E-state index is 10.8. The second kappa shape index (κ2) is 4.91. The van der Waals surface area contributed by atoms with Crippen molar-refractivity contribution in [1.82, 2.24) is 9.97 Å². The van der Waals surface area contributed by atoms with Crippen LogP contribution in [0.4, 0.5) is 0 Å². The van der Waals surface area contributed by atoms with Gasteiger partial charge in [-0.3, -0.25) is 4.79 Å². The lowest BCUT2D eigenvalue weighted by Crippen LogP contribution is -2.15. The smallest absolute Gasteiger partial charge is 0.317 e. The van der Waals surface area contributed by atoms with Crippen LogP contribution in [0.15, 0.2) is 17.6 Å². The molecule has 0 saturated carbocycles. The number of carboxylic acids is 1. The van der Waals surface area contributed by atoms with Gasteiger partial charge in [-0.2, -0.15) is 0 Å². The molecular formula is C8H12N2O2S. The summed E-state index contributed by atoms with van der Waals surface area (Å²) >= 11 is 1.26. The third kappa shape index (κ3) is 3.10. The lowest BCUT2D eigenvalue weighted by atomic mass is 10.2. The molecule has 0 spiro atoms. The summed E-state index contributed by atoms with van der Waals surface area (Å²) in [4.78, 5) is 17.6. The Balaban J connectivity index is 2.52. The van der Waals surface area contributed by atoms with Gasteiger partial charge in [0.1, 0.15) is 5.25 Å². The Hall–Kier alpha value is -0.970. The highest BCUT2D eigenvalue weighted by Crippen LogP contribution is 2.22. The molecule has 0 aromatic carbocycles. The van der Waals surface area contributed by atoms with Crippen LogP contribution >= 0.6 is 11.8 Å². The zero-order valence-corrected chi connectivity index (χ0v) is 8.17. The first-order valence-corrected chi connectivity index (χ1v) is 5.01. The maximum atomic E-state index is 10.8. The number of rotatable bonds is 5. The molecule has 2 N–H and O–H groups in total. The Morgan fingerprint density at radius 3 is 3.08 bits per heavy atom. The van der Waals surface area contributed by atoms with Gasteiger partial charge in [0.15, 0.2) is 5.16 Å². The fourth-order valence-electron chi connectivity index (χ4n) is 0.945. The molecule has 1 unspecified atom stereocenters. The van der Waals surface area contributed by atoms with E-state index in [1.54, 1.807) is 12.4 Å². The fraction of sp³-hybridized carbons (Fsp3) is 0.500. The molecule has 1 aromatic rings. The van der Waals surface area contributed by atoms with Gasteiger partial charge in [-0.1, -0.05) is 25.1 Å². The Kier molecular flexibility index (Phi) is 3.82. The molecule has 1 atom stereocenters. The molecule has 4 nitrogen and oxygen atoms in total. The van der Waals surface area contributed by atoms with E-state index in [9.17, 15) is 4.79 Å². The molecule has 0 aliphatic heterocycles. The third-order valence-corrected chi connectivity index (χ3v) is 2.72. The molecule has 1 heterocycles. The quantitative estimate of drug-likeness (QED) is 0.711. The van der Waals surface area contributed by atoms with Crippen molar-refractivity contribution in [2.75, 3.05) is 0 Å². The van der Waals surface area contributed by atoms with Crippen molar-refractivity contribution in [2.24, 2.45) is 0 Å². The summed E-state index contributed by atoms with van der Waals surface area (Å²) in [7, 11) is 0. The Morgan fingerprint density at radius 1 is 1.85 bits per heavy atom. The first-order valence-electron chi connectivity index (χ1n) is 4.13. The number of hydrogen-bond donors (Lipinski definition) is 2. The van der Waals surface area contributed by atoms with Crippen molar-refractivity contribution in [1.29, 1.82) is 0 Å². The minimum atomic E-state index is -0.775.